The molecule has 282 valence electrons. The average Bonchev–Trinajstić information content (AvgIpc) is 3.59. The third kappa shape index (κ3) is 6.11. The van der Waals surface area contributed by atoms with Gasteiger partial charge in [0.1, 0.15) is 5.82 Å². The lowest BCUT2D eigenvalue weighted by molar-refractivity contribution is 0.0988. The number of ketones is 2. The number of para-hydroxylation sites is 2. The summed E-state index contributed by atoms with van der Waals surface area (Å²) in [6.07, 6.45) is 3.55. The van der Waals surface area contributed by atoms with Gasteiger partial charge in [-0.15, -0.1) is 0 Å². The molecule has 0 spiro atoms. The number of aromatic nitrogens is 2. The molecule has 6 aromatic rings. The van der Waals surface area contributed by atoms with E-state index in [9.17, 15) is 9.59 Å². The van der Waals surface area contributed by atoms with Gasteiger partial charge < -0.3 is 0 Å². The number of Topliss-reactive ketones (excluding diaryl/α,β-unsaturated/α-hetero) is 2. The van der Waals surface area contributed by atoms with Gasteiger partial charge in [0.15, 0.2) is 23.2 Å². The summed E-state index contributed by atoms with van der Waals surface area (Å²) in [7, 11) is 0. The van der Waals surface area contributed by atoms with Crippen LogP contribution in [0.3, 0.4) is 0 Å². The zero-order chi connectivity index (χ0) is 39.7. The van der Waals surface area contributed by atoms with Crippen molar-refractivity contribution in [2.75, 3.05) is 9.80 Å². The zero-order valence-electron chi connectivity index (χ0n) is 32.9. The van der Waals surface area contributed by atoms with Gasteiger partial charge >= 0.3 is 0 Å². The molecular weight excluding hydrogens is 735 g/mol. The van der Waals surface area contributed by atoms with Crippen LogP contribution in [0, 0.1) is 0 Å². The Hall–Kier alpha value is -5.30. The second-order valence-electron chi connectivity index (χ2n) is 16.0. The molecular formula is C48H44Cl2N4O2. The first-order valence-corrected chi connectivity index (χ1v) is 20.1. The Balaban J connectivity index is 1.51. The van der Waals surface area contributed by atoms with Gasteiger partial charge in [0.25, 0.3) is 0 Å². The molecule has 0 atom stereocenters. The highest BCUT2D eigenvalue weighted by atomic mass is 35.5. The molecule has 0 amide bonds. The molecule has 0 saturated heterocycles. The molecule has 6 nitrogen and oxygen atoms in total. The summed E-state index contributed by atoms with van der Waals surface area (Å²) in [6.45, 7) is 17.6. The van der Waals surface area contributed by atoms with Gasteiger partial charge in [-0.2, -0.15) is 0 Å². The van der Waals surface area contributed by atoms with Crippen molar-refractivity contribution >= 4 is 79.6 Å². The standard InChI is InChI=1S/C48H44Cl2N4O2/c1-25(2)31-15-11-16-32(26(3)4)43(31)53-42(20-19-35-45(55)36-23-38(49)39(50)24-37(36)46(35)56)54(44-33(27(5)6)17-12-18-34(44)28(7)8)48-47(53)51-40-21-29-13-9-10-14-30(29)22-41(40)52-48/h9-28H,1-8H3. The van der Waals surface area contributed by atoms with Gasteiger partial charge in [0.05, 0.1) is 38.0 Å². The molecule has 0 unspecified atom stereocenters. The third-order valence-electron chi connectivity index (χ3n) is 10.9. The second-order valence-corrected chi connectivity index (χ2v) is 16.8. The monoisotopic (exact) mass is 778 g/mol. The quantitative estimate of drug-likeness (QED) is 0.0913. The van der Waals surface area contributed by atoms with Crippen LogP contribution in [0.4, 0.5) is 23.0 Å². The number of fused-ring (bicyclic) bond motifs is 4. The predicted octanol–water partition coefficient (Wildman–Crippen LogP) is 13.7. The van der Waals surface area contributed by atoms with E-state index in [1.54, 1.807) is 6.08 Å². The highest BCUT2D eigenvalue weighted by molar-refractivity contribution is 6.45. The smallest absolute Gasteiger partial charge is 0.197 e. The van der Waals surface area contributed by atoms with Crippen LogP contribution in [0.2, 0.25) is 10.0 Å². The molecule has 1 aliphatic carbocycles. The largest absolute Gasteiger partial charge is 0.288 e. The SMILES string of the molecule is CC(C)c1cccc(C(C)C)c1N1C(=CC=C2C(=O)c3cc(Cl)c(Cl)cc3C2=O)N(c2c(C(C)C)cccc2C(C)C)c2nc3cc4ccccc4cc3nc21. The fourth-order valence-electron chi connectivity index (χ4n) is 8.10. The van der Waals surface area contributed by atoms with Crippen LogP contribution in [-0.4, -0.2) is 21.5 Å². The highest BCUT2D eigenvalue weighted by Gasteiger charge is 2.42. The fraction of sp³-hybridized carbons (Fsp3) is 0.250. The number of rotatable bonds is 7. The minimum Gasteiger partial charge on any atom is -0.288 e. The van der Waals surface area contributed by atoms with Gasteiger partial charge in [0, 0.05) is 11.1 Å². The number of carbonyl (C=O) groups excluding carboxylic acids is 2. The van der Waals surface area contributed by atoms with Crippen LogP contribution in [0.5, 0.6) is 0 Å². The molecule has 0 saturated carbocycles. The van der Waals surface area contributed by atoms with Gasteiger partial charge in [0.2, 0.25) is 0 Å². The highest BCUT2D eigenvalue weighted by Crippen LogP contribution is 2.54. The van der Waals surface area contributed by atoms with Crippen molar-refractivity contribution in [1.29, 1.82) is 0 Å². The van der Waals surface area contributed by atoms with E-state index in [0.29, 0.717) is 17.5 Å². The zero-order valence-corrected chi connectivity index (χ0v) is 34.4. The van der Waals surface area contributed by atoms with Crippen LogP contribution < -0.4 is 9.80 Å². The Morgan fingerprint density at radius 1 is 0.518 bits per heavy atom. The third-order valence-corrected chi connectivity index (χ3v) is 11.7. The Bertz CT molecular complexity index is 2460. The van der Waals surface area contributed by atoms with Crippen LogP contribution in [0.1, 0.15) is 122 Å². The topological polar surface area (TPSA) is 66.4 Å². The van der Waals surface area contributed by atoms with Crippen LogP contribution in [0.25, 0.3) is 21.8 Å². The van der Waals surface area contributed by atoms with Gasteiger partial charge in [-0.3, -0.25) is 19.4 Å². The van der Waals surface area contributed by atoms with E-state index in [0.717, 1.165) is 55.4 Å². The molecule has 1 aromatic heterocycles. The van der Waals surface area contributed by atoms with Crippen LogP contribution in [-0.2, 0) is 0 Å². The molecule has 1 aliphatic heterocycles. The van der Waals surface area contributed by atoms with E-state index in [2.05, 4.69) is 126 Å². The van der Waals surface area contributed by atoms with Gasteiger partial charge in [-0.25, -0.2) is 9.97 Å². The normalized spacial score (nSPS) is 14.1. The molecule has 0 radical (unpaired) electrons. The Labute approximate surface area is 338 Å². The summed E-state index contributed by atoms with van der Waals surface area (Å²) in [5, 5.41) is 2.60. The fourth-order valence-corrected chi connectivity index (χ4v) is 8.42. The van der Waals surface area contributed by atoms with E-state index in [4.69, 9.17) is 33.2 Å². The summed E-state index contributed by atoms with van der Waals surface area (Å²) >= 11 is 12.7. The first-order valence-electron chi connectivity index (χ1n) is 19.3. The molecule has 8 heteroatoms. The van der Waals surface area contributed by atoms with Crippen LogP contribution >= 0.6 is 23.2 Å². The van der Waals surface area contributed by atoms with E-state index in [-0.39, 0.29) is 50.4 Å². The molecule has 56 heavy (non-hydrogen) atoms. The first-order chi connectivity index (χ1) is 26.8. The maximum absolute atomic E-state index is 14.0. The lowest BCUT2D eigenvalue weighted by Gasteiger charge is -2.32. The summed E-state index contributed by atoms with van der Waals surface area (Å²) in [4.78, 5) is 43.4. The van der Waals surface area contributed by atoms with Crippen LogP contribution in [0.15, 0.2) is 108 Å². The molecule has 2 heterocycles. The van der Waals surface area contributed by atoms with Crippen molar-refractivity contribution in [3.8, 4) is 0 Å². The Morgan fingerprint density at radius 3 is 1.25 bits per heavy atom. The lowest BCUT2D eigenvalue weighted by atomic mass is 9.91. The van der Waals surface area contributed by atoms with Gasteiger partial charge in [-0.05, 0) is 93.1 Å². The summed E-state index contributed by atoms with van der Waals surface area (Å²) in [5.41, 5.74) is 8.70. The van der Waals surface area contributed by atoms with E-state index >= 15 is 0 Å². The number of nitrogens with zero attached hydrogens (tertiary/aromatic N) is 4. The maximum Gasteiger partial charge on any atom is 0.197 e. The lowest BCUT2D eigenvalue weighted by Crippen LogP contribution is -2.26. The number of hydrogen-bond donors (Lipinski definition) is 0. The number of hydrogen-bond acceptors (Lipinski definition) is 6. The van der Waals surface area contributed by atoms with Crippen molar-refractivity contribution in [3.05, 3.63) is 152 Å². The van der Waals surface area contributed by atoms with E-state index in [1.165, 1.54) is 12.1 Å². The summed E-state index contributed by atoms with van der Waals surface area (Å²) in [5.74, 6) is 1.92. The average molecular weight is 780 g/mol. The first kappa shape index (κ1) is 37.6. The molecule has 8 rings (SSSR count). The molecule has 0 fully saturated rings. The number of anilines is 4. The van der Waals surface area contributed by atoms with Crippen molar-refractivity contribution in [2.24, 2.45) is 0 Å². The van der Waals surface area contributed by atoms with Crippen molar-refractivity contribution in [2.45, 2.75) is 79.1 Å². The number of benzene rings is 5. The van der Waals surface area contributed by atoms with E-state index in [1.807, 2.05) is 18.2 Å². The molecule has 0 bridgehead atoms. The maximum atomic E-state index is 14.0. The minimum absolute atomic E-state index is 0.0430. The van der Waals surface area contributed by atoms with Crippen molar-refractivity contribution in [3.63, 3.8) is 0 Å². The number of carbonyl (C=O) groups is 2. The van der Waals surface area contributed by atoms with Gasteiger partial charge in [-0.1, -0.05) is 139 Å². The number of allylic oxidation sites excluding steroid dienone is 3. The van der Waals surface area contributed by atoms with Crippen molar-refractivity contribution < 1.29 is 9.59 Å². The Morgan fingerprint density at radius 2 is 0.893 bits per heavy atom. The predicted molar refractivity (Wildman–Crippen MR) is 232 cm³/mol. The van der Waals surface area contributed by atoms with E-state index < -0.39 is 11.6 Å². The number of halogens is 2. The van der Waals surface area contributed by atoms with Crippen molar-refractivity contribution in [1.82, 2.24) is 9.97 Å². The molecule has 0 N–H and O–H groups in total. The minimum atomic E-state index is -0.390. The Kier molecular flexibility index (Phi) is 9.62. The second kappa shape index (κ2) is 14.3. The summed E-state index contributed by atoms with van der Waals surface area (Å²) in [6, 6.07) is 28.4. The molecule has 2 aliphatic rings. The summed E-state index contributed by atoms with van der Waals surface area (Å²) < 4.78 is 0. The molecule has 5 aromatic carbocycles.